The van der Waals surface area contributed by atoms with Gasteiger partial charge in [0.15, 0.2) is 5.78 Å². The zero-order chi connectivity index (χ0) is 20.1. The van der Waals surface area contributed by atoms with E-state index in [9.17, 15) is 13.2 Å². The van der Waals surface area contributed by atoms with E-state index in [4.69, 9.17) is 0 Å². The van der Waals surface area contributed by atoms with Crippen LogP contribution in [0, 0.1) is 6.92 Å². The SMILES string of the molecule is Cc1ccc(C(=O)CNc2ccc(S(=O)(=O)N(C)c3ccccc3)cc2)cc1. The third-order valence-corrected chi connectivity index (χ3v) is 6.26. The maximum absolute atomic E-state index is 12.8. The highest BCUT2D eigenvalue weighted by Gasteiger charge is 2.21. The molecule has 0 aliphatic carbocycles. The van der Waals surface area contributed by atoms with Gasteiger partial charge in [-0.2, -0.15) is 0 Å². The van der Waals surface area contributed by atoms with Crippen LogP contribution in [0.25, 0.3) is 0 Å². The summed E-state index contributed by atoms with van der Waals surface area (Å²) in [5.74, 6) is -0.0273. The first kappa shape index (κ1) is 19.6. The van der Waals surface area contributed by atoms with Crippen molar-refractivity contribution in [2.45, 2.75) is 11.8 Å². The summed E-state index contributed by atoms with van der Waals surface area (Å²) in [7, 11) is -2.12. The van der Waals surface area contributed by atoms with Crippen molar-refractivity contribution < 1.29 is 13.2 Å². The summed E-state index contributed by atoms with van der Waals surface area (Å²) in [6.07, 6.45) is 0. The van der Waals surface area contributed by atoms with Crippen molar-refractivity contribution in [3.8, 4) is 0 Å². The second kappa shape index (κ2) is 8.27. The zero-order valence-corrected chi connectivity index (χ0v) is 16.6. The number of ketones is 1. The van der Waals surface area contributed by atoms with Gasteiger partial charge in [0, 0.05) is 18.3 Å². The summed E-state index contributed by atoms with van der Waals surface area (Å²) in [5.41, 5.74) is 3.01. The molecular formula is C22H22N2O3S. The number of carbonyl (C=O) groups is 1. The average Bonchev–Trinajstić information content (AvgIpc) is 2.73. The summed E-state index contributed by atoms with van der Waals surface area (Å²) in [4.78, 5) is 12.4. The molecule has 0 radical (unpaired) electrons. The third-order valence-electron chi connectivity index (χ3n) is 4.46. The topological polar surface area (TPSA) is 66.5 Å². The lowest BCUT2D eigenvalue weighted by atomic mass is 10.1. The summed E-state index contributed by atoms with van der Waals surface area (Å²) >= 11 is 0. The first-order chi connectivity index (χ1) is 13.4. The number of sulfonamides is 1. The number of hydrogen-bond donors (Lipinski definition) is 1. The van der Waals surface area contributed by atoms with E-state index < -0.39 is 10.0 Å². The minimum atomic E-state index is -3.65. The number of carbonyl (C=O) groups excluding carboxylic acids is 1. The second-order valence-corrected chi connectivity index (χ2v) is 8.44. The smallest absolute Gasteiger partial charge is 0.264 e. The molecule has 0 aromatic heterocycles. The first-order valence-electron chi connectivity index (χ1n) is 8.86. The number of hydrogen-bond acceptors (Lipinski definition) is 4. The van der Waals surface area contributed by atoms with E-state index >= 15 is 0 Å². The van der Waals surface area contributed by atoms with Gasteiger partial charge < -0.3 is 5.32 Å². The van der Waals surface area contributed by atoms with E-state index in [0.717, 1.165) is 5.56 Å². The Morgan fingerprint density at radius 1 is 0.893 bits per heavy atom. The van der Waals surface area contributed by atoms with Gasteiger partial charge in [0.1, 0.15) is 0 Å². The predicted octanol–water partition coefficient (Wildman–Crippen LogP) is 4.11. The molecule has 5 nitrogen and oxygen atoms in total. The van der Waals surface area contributed by atoms with E-state index in [1.54, 1.807) is 48.5 Å². The van der Waals surface area contributed by atoms with E-state index in [1.165, 1.54) is 23.5 Å². The number of nitrogens with zero attached hydrogens (tertiary/aromatic N) is 1. The van der Waals surface area contributed by atoms with Gasteiger partial charge in [-0.15, -0.1) is 0 Å². The summed E-state index contributed by atoms with van der Waals surface area (Å²) in [6.45, 7) is 2.11. The van der Waals surface area contributed by atoms with Crippen LogP contribution in [0.15, 0.2) is 83.8 Å². The van der Waals surface area contributed by atoms with Crippen LogP contribution in [-0.4, -0.2) is 27.8 Å². The maximum atomic E-state index is 12.8. The molecule has 0 aliphatic rings. The Balaban J connectivity index is 1.67. The Morgan fingerprint density at radius 2 is 1.50 bits per heavy atom. The Morgan fingerprint density at radius 3 is 2.11 bits per heavy atom. The zero-order valence-electron chi connectivity index (χ0n) is 15.8. The maximum Gasteiger partial charge on any atom is 0.264 e. The van der Waals surface area contributed by atoms with Gasteiger partial charge in [-0.1, -0.05) is 48.0 Å². The Bertz CT molecular complexity index is 1050. The van der Waals surface area contributed by atoms with E-state index in [0.29, 0.717) is 16.9 Å². The van der Waals surface area contributed by atoms with Crippen molar-refractivity contribution in [1.29, 1.82) is 0 Å². The number of para-hydroxylation sites is 1. The van der Waals surface area contributed by atoms with Crippen LogP contribution in [0.5, 0.6) is 0 Å². The normalized spacial score (nSPS) is 11.1. The van der Waals surface area contributed by atoms with Crippen LogP contribution < -0.4 is 9.62 Å². The van der Waals surface area contributed by atoms with Gasteiger partial charge in [-0.3, -0.25) is 9.10 Å². The summed E-state index contributed by atoms with van der Waals surface area (Å²) < 4.78 is 26.8. The molecule has 6 heteroatoms. The molecule has 28 heavy (non-hydrogen) atoms. The largest absolute Gasteiger partial charge is 0.378 e. The molecule has 3 aromatic rings. The Hall–Kier alpha value is -3.12. The lowest BCUT2D eigenvalue weighted by Gasteiger charge is -2.19. The highest BCUT2D eigenvalue weighted by Crippen LogP contribution is 2.22. The van der Waals surface area contributed by atoms with Crippen molar-refractivity contribution in [1.82, 2.24) is 0 Å². The number of rotatable bonds is 7. The molecule has 0 bridgehead atoms. The fourth-order valence-corrected chi connectivity index (χ4v) is 3.90. The molecule has 1 N–H and O–H groups in total. The molecule has 0 saturated heterocycles. The van der Waals surface area contributed by atoms with E-state index in [2.05, 4.69) is 5.32 Å². The molecule has 3 rings (SSSR count). The molecular weight excluding hydrogens is 372 g/mol. The van der Waals surface area contributed by atoms with Crippen LogP contribution >= 0.6 is 0 Å². The van der Waals surface area contributed by atoms with Gasteiger partial charge in [0.05, 0.1) is 17.1 Å². The standard InChI is InChI=1S/C22H22N2O3S/c1-17-8-10-18(11-9-17)22(25)16-23-19-12-14-21(15-13-19)28(26,27)24(2)20-6-4-3-5-7-20/h3-15,23H,16H2,1-2H3. The lowest BCUT2D eigenvalue weighted by molar-refractivity contribution is 0.101. The lowest BCUT2D eigenvalue weighted by Crippen LogP contribution is -2.26. The molecule has 0 heterocycles. The molecule has 144 valence electrons. The van der Waals surface area contributed by atoms with Crippen LogP contribution in [0.3, 0.4) is 0 Å². The van der Waals surface area contributed by atoms with Crippen molar-refractivity contribution in [3.63, 3.8) is 0 Å². The van der Waals surface area contributed by atoms with E-state index in [-0.39, 0.29) is 17.2 Å². The Kier molecular flexibility index (Phi) is 5.80. The summed E-state index contributed by atoms with van der Waals surface area (Å²) in [5, 5.41) is 3.04. The fraction of sp³-hybridized carbons (Fsp3) is 0.136. The van der Waals surface area contributed by atoms with Crippen LogP contribution in [0.2, 0.25) is 0 Å². The van der Waals surface area contributed by atoms with Crippen LogP contribution in [0.1, 0.15) is 15.9 Å². The highest BCUT2D eigenvalue weighted by molar-refractivity contribution is 7.92. The molecule has 0 aliphatic heterocycles. The number of anilines is 2. The van der Waals surface area contributed by atoms with Gasteiger partial charge in [0.25, 0.3) is 10.0 Å². The summed E-state index contributed by atoms with van der Waals surface area (Å²) in [6, 6.07) is 22.7. The number of aryl methyl sites for hydroxylation is 1. The third kappa shape index (κ3) is 4.40. The molecule has 0 fully saturated rings. The highest BCUT2D eigenvalue weighted by atomic mass is 32.2. The van der Waals surface area contributed by atoms with Gasteiger partial charge >= 0.3 is 0 Å². The fourth-order valence-electron chi connectivity index (χ4n) is 2.70. The monoisotopic (exact) mass is 394 g/mol. The van der Waals surface area contributed by atoms with Gasteiger partial charge in [-0.25, -0.2) is 8.42 Å². The molecule has 0 amide bonds. The van der Waals surface area contributed by atoms with Gasteiger partial charge in [0.2, 0.25) is 0 Å². The molecule has 3 aromatic carbocycles. The van der Waals surface area contributed by atoms with Crippen molar-refractivity contribution in [2.75, 3.05) is 23.2 Å². The molecule has 0 spiro atoms. The second-order valence-electron chi connectivity index (χ2n) is 6.48. The minimum absolute atomic E-state index is 0.0273. The van der Waals surface area contributed by atoms with Crippen molar-refractivity contribution >= 4 is 27.2 Å². The molecule has 0 unspecified atom stereocenters. The number of benzene rings is 3. The van der Waals surface area contributed by atoms with Crippen LogP contribution in [-0.2, 0) is 10.0 Å². The van der Waals surface area contributed by atoms with Gasteiger partial charge in [-0.05, 0) is 43.3 Å². The average molecular weight is 394 g/mol. The minimum Gasteiger partial charge on any atom is -0.378 e. The number of nitrogens with one attached hydrogen (secondary N) is 1. The van der Waals surface area contributed by atoms with Crippen molar-refractivity contribution in [2.24, 2.45) is 0 Å². The Labute approximate surface area is 165 Å². The van der Waals surface area contributed by atoms with E-state index in [1.807, 2.05) is 25.1 Å². The quantitative estimate of drug-likeness (QED) is 0.612. The predicted molar refractivity (Wildman–Crippen MR) is 112 cm³/mol. The van der Waals surface area contributed by atoms with Crippen LogP contribution in [0.4, 0.5) is 11.4 Å². The molecule has 0 atom stereocenters. The van der Waals surface area contributed by atoms with Crippen molar-refractivity contribution in [3.05, 3.63) is 90.0 Å². The number of Topliss-reactive ketones (excluding diaryl/α,β-unsaturated/α-hetero) is 1. The molecule has 0 saturated carbocycles. The first-order valence-corrected chi connectivity index (χ1v) is 10.3.